The van der Waals surface area contributed by atoms with E-state index in [9.17, 15) is 9.59 Å². The third kappa shape index (κ3) is 9.06. The monoisotopic (exact) mass is 681 g/mol. The van der Waals surface area contributed by atoms with E-state index in [0.29, 0.717) is 11.1 Å². The molecule has 0 aromatic heterocycles. The van der Waals surface area contributed by atoms with E-state index >= 15 is 0 Å². The molecule has 7 nitrogen and oxygen atoms in total. The molecule has 254 valence electrons. The van der Waals surface area contributed by atoms with E-state index < -0.39 is 11.9 Å². The van der Waals surface area contributed by atoms with E-state index in [1.807, 2.05) is 48.6 Å². The number of carboxylic acid groups (broad SMARTS) is 2. The Morgan fingerprint density at radius 2 is 0.808 bits per heavy atom. The fourth-order valence-electron chi connectivity index (χ4n) is 5.79. The Labute approximate surface area is 303 Å². The van der Waals surface area contributed by atoms with Crippen LogP contribution >= 0.6 is 0 Å². The summed E-state index contributed by atoms with van der Waals surface area (Å²) in [5.41, 5.74) is 11.3. The van der Waals surface area contributed by atoms with E-state index in [-0.39, 0.29) is 11.4 Å². The van der Waals surface area contributed by atoms with Crippen LogP contribution in [-0.4, -0.2) is 22.2 Å². The Kier molecular flexibility index (Phi) is 11.4. The molecule has 7 heteroatoms. The zero-order valence-corrected chi connectivity index (χ0v) is 28.9. The lowest BCUT2D eigenvalue weighted by Crippen LogP contribution is -2.13. The van der Waals surface area contributed by atoms with Crippen molar-refractivity contribution in [3.05, 3.63) is 193 Å². The quantitative estimate of drug-likeness (QED) is 0.0823. The average Bonchev–Trinajstić information content (AvgIpc) is 3.14. The van der Waals surface area contributed by atoms with Crippen molar-refractivity contribution >= 4 is 65.5 Å². The normalized spacial score (nSPS) is 11.7. The summed E-state index contributed by atoms with van der Waals surface area (Å²) in [6.07, 6.45) is 10.7. The minimum Gasteiger partial charge on any atom is -0.486 e. The highest BCUT2D eigenvalue weighted by molar-refractivity contribution is 5.95. The van der Waals surface area contributed by atoms with E-state index in [1.54, 1.807) is 24.3 Å². The summed E-state index contributed by atoms with van der Waals surface area (Å²) in [5, 5.41) is 18.2. The van der Waals surface area contributed by atoms with E-state index in [1.165, 1.54) is 28.8 Å². The van der Waals surface area contributed by atoms with Gasteiger partial charge in [-0.05, 0) is 102 Å². The average molecular weight is 682 g/mol. The molecule has 0 amide bonds. The van der Waals surface area contributed by atoms with Gasteiger partial charge in [-0.15, -0.1) is 0 Å². The molecule has 2 N–H and O–H groups in total. The summed E-state index contributed by atoms with van der Waals surface area (Å²) in [5.74, 6) is -2.49. The van der Waals surface area contributed by atoms with E-state index in [4.69, 9.17) is 23.4 Å². The third-order valence-corrected chi connectivity index (χ3v) is 8.26. The lowest BCUT2D eigenvalue weighted by atomic mass is 10.0. The molecular formula is C45H35N3O4. The number of aliphatic carboxylic acids is 2. The number of carbonyl (C=O) groups is 2. The molecule has 52 heavy (non-hydrogen) atoms. The molecule has 0 heterocycles. The van der Waals surface area contributed by atoms with Gasteiger partial charge in [0.1, 0.15) is 0 Å². The third-order valence-electron chi connectivity index (χ3n) is 8.26. The highest BCUT2D eigenvalue weighted by Gasteiger charge is 2.17. The van der Waals surface area contributed by atoms with Gasteiger partial charge in [-0.2, -0.15) is 0 Å². The molecule has 0 bridgehead atoms. The van der Waals surface area contributed by atoms with Crippen LogP contribution in [0, 0.1) is 33.9 Å². The topological polar surface area (TPSA) is 86.6 Å². The minimum absolute atomic E-state index is 0.326. The second-order valence-corrected chi connectivity index (χ2v) is 12.2. The molecule has 0 aliphatic carbocycles. The van der Waals surface area contributed by atoms with Gasteiger partial charge in [-0.25, -0.2) is 9.69 Å². The second kappa shape index (κ2) is 16.5. The van der Waals surface area contributed by atoms with Crippen molar-refractivity contribution in [3.8, 4) is 0 Å². The van der Waals surface area contributed by atoms with E-state index in [2.05, 4.69) is 96.0 Å². The minimum atomic E-state index is -1.24. The van der Waals surface area contributed by atoms with Crippen molar-refractivity contribution < 1.29 is 19.8 Å². The summed E-state index contributed by atoms with van der Waals surface area (Å²) >= 11 is 0. The first-order valence-corrected chi connectivity index (χ1v) is 16.3. The van der Waals surface area contributed by atoms with Crippen molar-refractivity contribution in [1.82, 2.24) is 0 Å². The Morgan fingerprint density at radius 1 is 0.519 bits per heavy atom. The van der Waals surface area contributed by atoms with Crippen LogP contribution in [0.2, 0.25) is 0 Å². The number of benzene rings is 5. The molecule has 0 atom stereocenters. The summed E-state index contributed by atoms with van der Waals surface area (Å²) in [6.45, 7) is 20.4. The summed E-state index contributed by atoms with van der Waals surface area (Å²) in [4.78, 5) is 30.7. The number of aryl methyl sites for hydroxylation is 3. The predicted octanol–water partition coefficient (Wildman–Crippen LogP) is 11.1. The van der Waals surface area contributed by atoms with Gasteiger partial charge >= 0.3 is 11.9 Å². The molecule has 0 saturated heterocycles. The maximum absolute atomic E-state index is 11.1. The number of nitrogens with zero attached hydrogens (tertiary/aromatic N) is 3. The summed E-state index contributed by atoms with van der Waals surface area (Å²) < 4.78 is 0. The molecule has 0 unspecified atom stereocenters. The SMILES string of the molecule is [C-]#[N+]C(=Cc1ccc(C=Cc2ccc(N(c3ccc(C=Cc4ccc(C=C([N+]#[C-])C(=O)O)cc4)cc3)c3c(C)cc(C)cc3C)cc2)cc1)C(=O)O. The molecule has 0 saturated carbocycles. The molecule has 0 aliphatic rings. The highest BCUT2D eigenvalue weighted by Crippen LogP contribution is 2.39. The molecule has 5 aromatic carbocycles. The Hall–Kier alpha value is -7.22. The second-order valence-electron chi connectivity index (χ2n) is 12.2. The zero-order chi connectivity index (χ0) is 37.2. The standard InChI is InChI=1S/C45H35N3O4/c1-30-26-31(2)43(32(3)27-30)48(39-22-18-35(19-23-39)8-6-33-10-14-37(15-11-33)28-41(46-4)44(49)50)40-24-20-36(21-25-40)9-7-34-12-16-38(17-13-34)29-42(47-5)45(51)52/h6-29H,1-3H3,(H,49,50)(H,51,52). The van der Waals surface area contributed by atoms with Crippen LogP contribution in [0.15, 0.2) is 121 Å². The highest BCUT2D eigenvalue weighted by atomic mass is 16.4. The molecule has 5 aromatic rings. The molecule has 0 fully saturated rings. The van der Waals surface area contributed by atoms with Crippen LogP contribution in [0.1, 0.15) is 50.1 Å². The van der Waals surface area contributed by atoms with Crippen LogP contribution in [0.5, 0.6) is 0 Å². The molecular weight excluding hydrogens is 647 g/mol. The number of hydrogen-bond donors (Lipinski definition) is 2. The van der Waals surface area contributed by atoms with Gasteiger partial charge in [-0.1, -0.05) is 115 Å². The fraction of sp³-hybridized carbons (Fsp3) is 0.0667. The van der Waals surface area contributed by atoms with Crippen LogP contribution in [0.3, 0.4) is 0 Å². The van der Waals surface area contributed by atoms with Gasteiger partial charge in [-0.3, -0.25) is 9.59 Å². The summed E-state index contributed by atoms with van der Waals surface area (Å²) in [6, 6.07) is 35.8. The molecule has 0 aliphatic heterocycles. The number of anilines is 3. The van der Waals surface area contributed by atoms with Gasteiger partial charge in [0.25, 0.3) is 11.4 Å². The lowest BCUT2D eigenvalue weighted by molar-refractivity contribution is -0.133. The largest absolute Gasteiger partial charge is 0.486 e. The predicted molar refractivity (Wildman–Crippen MR) is 211 cm³/mol. The van der Waals surface area contributed by atoms with Crippen molar-refractivity contribution in [3.63, 3.8) is 0 Å². The van der Waals surface area contributed by atoms with Crippen LogP contribution in [0.25, 0.3) is 46.1 Å². The molecule has 0 radical (unpaired) electrons. The first-order chi connectivity index (χ1) is 25.0. The summed E-state index contributed by atoms with van der Waals surface area (Å²) in [7, 11) is 0. The molecule has 0 spiro atoms. The number of rotatable bonds is 11. The fourth-order valence-corrected chi connectivity index (χ4v) is 5.79. The Balaban J connectivity index is 1.38. The maximum Gasteiger partial charge on any atom is 0.333 e. The van der Waals surface area contributed by atoms with Crippen molar-refractivity contribution in [1.29, 1.82) is 0 Å². The van der Waals surface area contributed by atoms with Crippen molar-refractivity contribution in [2.24, 2.45) is 0 Å². The van der Waals surface area contributed by atoms with Crippen molar-refractivity contribution in [2.75, 3.05) is 4.90 Å². The first kappa shape index (κ1) is 36.1. The Bertz CT molecular complexity index is 2150. The van der Waals surface area contributed by atoms with Gasteiger partial charge in [0.2, 0.25) is 0 Å². The zero-order valence-electron chi connectivity index (χ0n) is 28.9. The van der Waals surface area contributed by atoms with Crippen LogP contribution in [-0.2, 0) is 9.59 Å². The van der Waals surface area contributed by atoms with Gasteiger partial charge < -0.3 is 15.1 Å². The van der Waals surface area contributed by atoms with Crippen LogP contribution in [0.4, 0.5) is 17.1 Å². The van der Waals surface area contributed by atoms with Gasteiger partial charge in [0, 0.05) is 11.4 Å². The van der Waals surface area contributed by atoms with E-state index in [0.717, 1.165) is 39.3 Å². The Morgan fingerprint density at radius 3 is 1.10 bits per heavy atom. The lowest BCUT2D eigenvalue weighted by Gasteiger charge is -2.29. The van der Waals surface area contributed by atoms with Crippen LogP contribution < -0.4 is 4.90 Å². The van der Waals surface area contributed by atoms with Gasteiger partial charge in [0.05, 0.1) is 18.8 Å². The first-order valence-electron chi connectivity index (χ1n) is 16.3. The number of carboxylic acids is 2. The van der Waals surface area contributed by atoms with Crippen molar-refractivity contribution in [2.45, 2.75) is 20.8 Å². The smallest absolute Gasteiger partial charge is 0.333 e. The van der Waals surface area contributed by atoms with Gasteiger partial charge in [0.15, 0.2) is 0 Å². The maximum atomic E-state index is 11.1. The molecule has 5 rings (SSSR count). The number of hydrogen-bond acceptors (Lipinski definition) is 3.